The fraction of sp³-hybridized carbons (Fsp3) is 0.632. The van der Waals surface area contributed by atoms with Crippen LogP contribution in [0.4, 0.5) is 0 Å². The molecule has 1 aromatic carbocycles. The first-order chi connectivity index (χ1) is 12.3. The van der Waals surface area contributed by atoms with Crippen molar-refractivity contribution in [3.8, 4) is 0 Å². The SMILES string of the molecule is CCN(CC)S(=O)(=O)c1ccc(CCC(=O)NC(CC)(CC)CN)cc1. The molecule has 0 aromatic heterocycles. The standard InChI is InChI=1S/C19H33N3O3S/c1-5-19(6-2,15-20)21-18(23)14-11-16-9-12-17(13-10-16)26(24,25)22(7-3)8-4/h9-10,12-13H,5-8,11,14-15,20H2,1-4H3,(H,21,23). The molecule has 148 valence electrons. The highest BCUT2D eigenvalue weighted by Gasteiger charge is 2.26. The van der Waals surface area contributed by atoms with Crippen molar-refractivity contribution in [1.29, 1.82) is 0 Å². The normalized spacial score (nSPS) is 12.4. The van der Waals surface area contributed by atoms with E-state index in [0.717, 1.165) is 18.4 Å². The van der Waals surface area contributed by atoms with E-state index < -0.39 is 10.0 Å². The van der Waals surface area contributed by atoms with Gasteiger partial charge in [0.15, 0.2) is 0 Å². The molecule has 7 heteroatoms. The van der Waals surface area contributed by atoms with Crippen LogP contribution in [0, 0.1) is 0 Å². The molecule has 1 rings (SSSR count). The molecule has 0 saturated heterocycles. The van der Waals surface area contributed by atoms with Gasteiger partial charge in [0.1, 0.15) is 0 Å². The van der Waals surface area contributed by atoms with Crippen LogP contribution in [0.2, 0.25) is 0 Å². The number of nitrogens with one attached hydrogen (secondary N) is 1. The number of hydrogen-bond acceptors (Lipinski definition) is 4. The summed E-state index contributed by atoms with van der Waals surface area (Å²) in [5.41, 5.74) is 6.41. The first kappa shape index (κ1) is 22.6. The number of carbonyl (C=O) groups excluding carboxylic acids is 1. The molecule has 0 atom stereocenters. The van der Waals surface area contributed by atoms with Gasteiger partial charge in [-0.1, -0.05) is 39.8 Å². The van der Waals surface area contributed by atoms with E-state index in [0.29, 0.717) is 32.5 Å². The second-order valence-corrected chi connectivity index (χ2v) is 8.41. The summed E-state index contributed by atoms with van der Waals surface area (Å²) in [5.74, 6) is -0.0287. The molecule has 0 radical (unpaired) electrons. The van der Waals surface area contributed by atoms with Crippen molar-refractivity contribution in [3.63, 3.8) is 0 Å². The molecule has 1 amide bonds. The van der Waals surface area contributed by atoms with Gasteiger partial charge in [-0.25, -0.2) is 8.42 Å². The third-order valence-electron chi connectivity index (χ3n) is 5.06. The summed E-state index contributed by atoms with van der Waals surface area (Å²) in [4.78, 5) is 12.5. The number of sulfonamides is 1. The van der Waals surface area contributed by atoms with E-state index >= 15 is 0 Å². The Morgan fingerprint density at radius 1 is 1.08 bits per heavy atom. The molecule has 0 spiro atoms. The molecule has 6 nitrogen and oxygen atoms in total. The van der Waals surface area contributed by atoms with Crippen LogP contribution in [-0.2, 0) is 21.2 Å². The molecule has 0 saturated carbocycles. The Kier molecular flexibility index (Phi) is 8.73. The lowest BCUT2D eigenvalue weighted by Crippen LogP contribution is -2.52. The fourth-order valence-electron chi connectivity index (χ4n) is 2.92. The summed E-state index contributed by atoms with van der Waals surface area (Å²) in [5, 5.41) is 3.05. The number of benzene rings is 1. The van der Waals surface area contributed by atoms with E-state index in [1.165, 1.54) is 4.31 Å². The lowest BCUT2D eigenvalue weighted by atomic mass is 9.92. The van der Waals surface area contributed by atoms with E-state index in [4.69, 9.17) is 5.73 Å². The largest absolute Gasteiger partial charge is 0.349 e. The van der Waals surface area contributed by atoms with Crippen molar-refractivity contribution in [1.82, 2.24) is 9.62 Å². The molecule has 3 N–H and O–H groups in total. The van der Waals surface area contributed by atoms with Gasteiger partial charge in [0, 0.05) is 26.1 Å². The van der Waals surface area contributed by atoms with Crippen LogP contribution < -0.4 is 11.1 Å². The molecule has 0 heterocycles. The molecular weight excluding hydrogens is 350 g/mol. The topological polar surface area (TPSA) is 92.5 Å². The summed E-state index contributed by atoms with van der Waals surface area (Å²) in [6.45, 7) is 8.99. The minimum Gasteiger partial charge on any atom is -0.349 e. The maximum atomic E-state index is 12.5. The molecule has 0 unspecified atom stereocenters. The van der Waals surface area contributed by atoms with E-state index in [1.807, 2.05) is 27.7 Å². The third-order valence-corrected chi connectivity index (χ3v) is 7.12. The number of hydrogen-bond donors (Lipinski definition) is 2. The maximum absolute atomic E-state index is 12.5. The van der Waals surface area contributed by atoms with Crippen LogP contribution >= 0.6 is 0 Å². The predicted molar refractivity (Wildman–Crippen MR) is 105 cm³/mol. The van der Waals surface area contributed by atoms with Crippen molar-refractivity contribution in [2.24, 2.45) is 5.73 Å². The van der Waals surface area contributed by atoms with Gasteiger partial charge in [-0.15, -0.1) is 0 Å². The lowest BCUT2D eigenvalue weighted by Gasteiger charge is -2.31. The van der Waals surface area contributed by atoms with Gasteiger partial charge in [-0.05, 0) is 37.0 Å². The van der Waals surface area contributed by atoms with E-state index in [9.17, 15) is 13.2 Å². The van der Waals surface area contributed by atoms with Crippen LogP contribution in [0.1, 0.15) is 52.5 Å². The van der Waals surface area contributed by atoms with Gasteiger partial charge in [-0.3, -0.25) is 4.79 Å². The van der Waals surface area contributed by atoms with Gasteiger partial charge in [0.25, 0.3) is 0 Å². The molecule has 1 aromatic rings. The fourth-order valence-corrected chi connectivity index (χ4v) is 4.38. The van der Waals surface area contributed by atoms with Crippen molar-refractivity contribution in [3.05, 3.63) is 29.8 Å². The zero-order valence-electron chi connectivity index (χ0n) is 16.4. The Morgan fingerprint density at radius 2 is 1.62 bits per heavy atom. The smallest absolute Gasteiger partial charge is 0.243 e. The Balaban J connectivity index is 2.72. The highest BCUT2D eigenvalue weighted by Crippen LogP contribution is 2.17. The average molecular weight is 384 g/mol. The Morgan fingerprint density at radius 3 is 2.04 bits per heavy atom. The minimum absolute atomic E-state index is 0.0287. The zero-order valence-corrected chi connectivity index (χ0v) is 17.2. The Bertz CT molecular complexity index is 656. The molecule has 0 aliphatic heterocycles. The van der Waals surface area contributed by atoms with Gasteiger partial charge >= 0.3 is 0 Å². The Hall–Kier alpha value is -1.44. The van der Waals surface area contributed by atoms with Gasteiger partial charge in [0.2, 0.25) is 15.9 Å². The van der Waals surface area contributed by atoms with E-state index in [-0.39, 0.29) is 16.3 Å². The van der Waals surface area contributed by atoms with E-state index in [2.05, 4.69) is 5.32 Å². The van der Waals surface area contributed by atoms with Crippen molar-refractivity contribution >= 4 is 15.9 Å². The third kappa shape index (κ3) is 5.53. The number of rotatable bonds is 11. The van der Waals surface area contributed by atoms with Crippen molar-refractivity contribution in [2.75, 3.05) is 19.6 Å². The van der Waals surface area contributed by atoms with Crippen LogP contribution in [0.15, 0.2) is 29.2 Å². The minimum atomic E-state index is -3.44. The second-order valence-electron chi connectivity index (χ2n) is 6.47. The predicted octanol–water partition coefficient (Wildman–Crippen LogP) is 2.28. The first-order valence-electron chi connectivity index (χ1n) is 9.38. The van der Waals surface area contributed by atoms with Crippen LogP contribution in [-0.4, -0.2) is 43.8 Å². The lowest BCUT2D eigenvalue weighted by molar-refractivity contribution is -0.123. The second kappa shape index (κ2) is 10.0. The summed E-state index contributed by atoms with van der Waals surface area (Å²) >= 11 is 0. The molecule has 0 aliphatic rings. The molecule has 0 bridgehead atoms. The van der Waals surface area contributed by atoms with Gasteiger partial charge in [-0.2, -0.15) is 4.31 Å². The first-order valence-corrected chi connectivity index (χ1v) is 10.8. The summed E-state index contributed by atoms with van der Waals surface area (Å²) in [7, 11) is -3.44. The van der Waals surface area contributed by atoms with Crippen LogP contribution in [0.5, 0.6) is 0 Å². The number of amides is 1. The summed E-state index contributed by atoms with van der Waals surface area (Å²) < 4.78 is 26.4. The average Bonchev–Trinajstić information content (AvgIpc) is 2.65. The maximum Gasteiger partial charge on any atom is 0.243 e. The van der Waals surface area contributed by atoms with Crippen LogP contribution in [0.25, 0.3) is 0 Å². The van der Waals surface area contributed by atoms with Crippen LogP contribution in [0.3, 0.4) is 0 Å². The quantitative estimate of drug-likeness (QED) is 0.613. The summed E-state index contributed by atoms with van der Waals surface area (Å²) in [6, 6.07) is 6.78. The molecule has 26 heavy (non-hydrogen) atoms. The van der Waals surface area contributed by atoms with Gasteiger partial charge in [0.05, 0.1) is 10.4 Å². The van der Waals surface area contributed by atoms with Crippen molar-refractivity contribution < 1.29 is 13.2 Å². The summed E-state index contributed by atoms with van der Waals surface area (Å²) in [6.07, 6.45) is 2.50. The van der Waals surface area contributed by atoms with Gasteiger partial charge < -0.3 is 11.1 Å². The zero-order chi connectivity index (χ0) is 19.8. The monoisotopic (exact) mass is 383 g/mol. The molecule has 0 aliphatic carbocycles. The number of nitrogens with zero attached hydrogens (tertiary/aromatic N) is 1. The number of carbonyl (C=O) groups is 1. The highest BCUT2D eigenvalue weighted by molar-refractivity contribution is 7.89. The molecule has 0 fully saturated rings. The molecular formula is C19H33N3O3S. The highest BCUT2D eigenvalue weighted by atomic mass is 32.2. The van der Waals surface area contributed by atoms with E-state index in [1.54, 1.807) is 24.3 Å². The number of aryl methyl sites for hydroxylation is 1. The van der Waals surface area contributed by atoms with Crippen molar-refractivity contribution in [2.45, 2.75) is 63.8 Å². The Labute approximate surface area is 158 Å². The number of nitrogens with two attached hydrogens (primary N) is 1.